The lowest BCUT2D eigenvalue weighted by Gasteiger charge is -2.13. The number of anilines is 1. The van der Waals surface area contributed by atoms with Gasteiger partial charge >= 0.3 is 5.97 Å². The van der Waals surface area contributed by atoms with Gasteiger partial charge in [0.2, 0.25) is 0 Å². The number of halogens is 1. The lowest BCUT2D eigenvalue weighted by Crippen LogP contribution is -2.35. The van der Waals surface area contributed by atoms with Crippen molar-refractivity contribution in [3.63, 3.8) is 0 Å². The van der Waals surface area contributed by atoms with Crippen LogP contribution in [-0.4, -0.2) is 22.7 Å². The largest absolute Gasteiger partial charge is 0.423 e. The molecule has 3 aromatic carbocycles. The molecule has 10 heteroatoms. The number of hydrogen-bond acceptors (Lipinski definition) is 6. The number of rotatable bonds is 6. The Hall–Kier alpha value is -4.57. The van der Waals surface area contributed by atoms with Crippen molar-refractivity contribution in [2.24, 2.45) is 0 Å². The van der Waals surface area contributed by atoms with Gasteiger partial charge in [0.25, 0.3) is 17.5 Å². The lowest BCUT2D eigenvalue weighted by atomic mass is 10.1. The number of ether oxygens (including phenoxy) is 1. The van der Waals surface area contributed by atoms with E-state index in [1.807, 2.05) is 0 Å². The smallest absolute Gasteiger partial charge is 0.336 e. The van der Waals surface area contributed by atoms with E-state index in [0.29, 0.717) is 21.3 Å². The molecule has 2 amide bonds. The van der Waals surface area contributed by atoms with E-state index in [0.717, 1.165) is 11.1 Å². The van der Waals surface area contributed by atoms with Crippen LogP contribution in [0.25, 0.3) is 12.2 Å². The summed E-state index contributed by atoms with van der Waals surface area (Å²) in [4.78, 5) is 48.2. The first-order valence-electron chi connectivity index (χ1n) is 10.2. The van der Waals surface area contributed by atoms with Crippen LogP contribution >= 0.6 is 15.9 Å². The topological polar surface area (TPSA) is 119 Å². The molecule has 0 radical (unpaired) electrons. The van der Waals surface area contributed by atoms with Gasteiger partial charge in [-0.1, -0.05) is 46.3 Å². The minimum absolute atomic E-state index is 0.105. The number of nitro benzene ring substituents is 1. The van der Waals surface area contributed by atoms with Crippen LogP contribution in [0.2, 0.25) is 0 Å². The van der Waals surface area contributed by atoms with Gasteiger partial charge in [0.1, 0.15) is 11.3 Å². The molecule has 0 saturated carbocycles. The maximum absolute atomic E-state index is 12.9. The van der Waals surface area contributed by atoms with Crippen LogP contribution in [0.4, 0.5) is 11.4 Å². The van der Waals surface area contributed by atoms with Gasteiger partial charge in [-0.25, -0.2) is 9.80 Å². The summed E-state index contributed by atoms with van der Waals surface area (Å²) in [5.41, 5.74) is 3.55. The molecule has 1 aliphatic heterocycles. The first kappa shape index (κ1) is 23.6. The standard InChI is InChI=1S/C25H16BrN3O6/c26-18-10-11-22(35-23(30)12-9-16-5-4-8-20(13-16)29(33)34)17(14-18)15-21-24(31)27-28(25(21)32)19-6-2-1-3-7-19/h1-15H,(H,27,31)/b12-9+,21-15+. The fourth-order valence-electron chi connectivity index (χ4n) is 3.25. The number of nitrogens with zero attached hydrogens (tertiary/aromatic N) is 2. The Morgan fingerprint density at radius 1 is 1.03 bits per heavy atom. The average molecular weight is 534 g/mol. The molecule has 9 nitrogen and oxygen atoms in total. The van der Waals surface area contributed by atoms with Crippen LogP contribution < -0.4 is 15.2 Å². The number of nitrogens with one attached hydrogen (secondary N) is 1. The molecule has 1 N–H and O–H groups in total. The predicted molar refractivity (Wildman–Crippen MR) is 132 cm³/mol. The zero-order valence-corrected chi connectivity index (χ0v) is 19.5. The number of nitro groups is 1. The van der Waals surface area contributed by atoms with Crippen LogP contribution in [-0.2, 0) is 14.4 Å². The third-order valence-corrected chi connectivity index (χ3v) is 5.37. The van der Waals surface area contributed by atoms with E-state index < -0.39 is 22.7 Å². The summed E-state index contributed by atoms with van der Waals surface area (Å²) < 4.78 is 6.05. The third-order valence-electron chi connectivity index (χ3n) is 4.88. The SMILES string of the molecule is O=C(/C=C/c1cccc([N+](=O)[O-])c1)Oc1ccc(Br)cc1/C=C1\C(=O)NN(c2ccccc2)C1=O. The predicted octanol–water partition coefficient (Wildman–Crippen LogP) is 4.44. The number of carbonyl (C=O) groups is 3. The number of amides is 2. The second kappa shape index (κ2) is 10.1. The Kier molecular flexibility index (Phi) is 6.83. The molecule has 0 aromatic heterocycles. The molecule has 1 aliphatic rings. The van der Waals surface area contributed by atoms with Crippen molar-refractivity contribution < 1.29 is 24.0 Å². The maximum atomic E-state index is 12.9. The molecule has 1 saturated heterocycles. The van der Waals surface area contributed by atoms with Gasteiger partial charge in [-0.15, -0.1) is 0 Å². The molecule has 0 bridgehead atoms. The fraction of sp³-hybridized carbons (Fsp3) is 0. The number of benzene rings is 3. The van der Waals surface area contributed by atoms with Crippen molar-refractivity contribution in [2.75, 3.05) is 5.01 Å². The van der Waals surface area contributed by atoms with E-state index in [1.54, 1.807) is 48.5 Å². The van der Waals surface area contributed by atoms with E-state index in [2.05, 4.69) is 21.4 Å². The number of non-ortho nitro benzene ring substituents is 1. The summed E-state index contributed by atoms with van der Waals surface area (Å²) in [6.45, 7) is 0. The second-order valence-corrected chi connectivity index (χ2v) is 8.18. The highest BCUT2D eigenvalue weighted by Crippen LogP contribution is 2.28. The van der Waals surface area contributed by atoms with Crippen molar-refractivity contribution >= 4 is 57.2 Å². The van der Waals surface area contributed by atoms with E-state index in [9.17, 15) is 24.5 Å². The van der Waals surface area contributed by atoms with Gasteiger partial charge in [0, 0.05) is 28.2 Å². The van der Waals surface area contributed by atoms with Crippen LogP contribution in [0.1, 0.15) is 11.1 Å². The van der Waals surface area contributed by atoms with Gasteiger partial charge in [-0.2, -0.15) is 0 Å². The summed E-state index contributed by atoms with van der Waals surface area (Å²) >= 11 is 3.34. The fourth-order valence-corrected chi connectivity index (χ4v) is 3.62. The highest BCUT2D eigenvalue weighted by Gasteiger charge is 2.34. The zero-order valence-electron chi connectivity index (χ0n) is 17.9. The average Bonchev–Trinajstić information content (AvgIpc) is 3.13. The van der Waals surface area contributed by atoms with Crippen LogP contribution in [0.3, 0.4) is 0 Å². The Balaban J connectivity index is 1.57. The lowest BCUT2D eigenvalue weighted by molar-refractivity contribution is -0.384. The van der Waals surface area contributed by atoms with E-state index in [1.165, 1.54) is 36.4 Å². The quantitative estimate of drug-likeness (QED) is 0.125. The molecule has 1 fully saturated rings. The molecule has 0 spiro atoms. The Bertz CT molecular complexity index is 1400. The van der Waals surface area contributed by atoms with Gasteiger partial charge in [0.05, 0.1) is 10.6 Å². The molecule has 3 aromatic rings. The van der Waals surface area contributed by atoms with Crippen molar-refractivity contribution in [2.45, 2.75) is 0 Å². The van der Waals surface area contributed by atoms with Crippen LogP contribution in [0.15, 0.2) is 88.9 Å². The van der Waals surface area contributed by atoms with Crippen molar-refractivity contribution in [3.05, 3.63) is 110 Å². The van der Waals surface area contributed by atoms with E-state index in [-0.39, 0.29) is 17.0 Å². The monoisotopic (exact) mass is 533 g/mol. The molecule has 0 atom stereocenters. The summed E-state index contributed by atoms with van der Waals surface area (Å²) in [7, 11) is 0. The molecule has 0 aliphatic carbocycles. The summed E-state index contributed by atoms with van der Waals surface area (Å²) in [6.07, 6.45) is 3.86. The molecule has 174 valence electrons. The van der Waals surface area contributed by atoms with Crippen molar-refractivity contribution in [3.8, 4) is 5.75 Å². The van der Waals surface area contributed by atoms with Gasteiger partial charge in [-0.3, -0.25) is 25.1 Å². The number of hydrogen-bond donors (Lipinski definition) is 1. The van der Waals surface area contributed by atoms with E-state index >= 15 is 0 Å². The Morgan fingerprint density at radius 2 is 1.80 bits per heavy atom. The highest BCUT2D eigenvalue weighted by atomic mass is 79.9. The Labute approximate surface area is 207 Å². The van der Waals surface area contributed by atoms with Crippen molar-refractivity contribution in [1.82, 2.24) is 5.43 Å². The first-order chi connectivity index (χ1) is 16.8. The molecule has 35 heavy (non-hydrogen) atoms. The third kappa shape index (κ3) is 5.50. The minimum Gasteiger partial charge on any atom is -0.423 e. The molecule has 1 heterocycles. The number of hydrazine groups is 1. The molecular formula is C25H16BrN3O6. The van der Waals surface area contributed by atoms with E-state index in [4.69, 9.17) is 4.74 Å². The minimum atomic E-state index is -0.744. The summed E-state index contributed by atoms with van der Waals surface area (Å²) in [5, 5.41) is 12.1. The summed E-state index contributed by atoms with van der Waals surface area (Å²) in [6, 6.07) is 19.2. The van der Waals surface area contributed by atoms with Crippen molar-refractivity contribution in [1.29, 1.82) is 0 Å². The van der Waals surface area contributed by atoms with Crippen LogP contribution in [0, 0.1) is 10.1 Å². The van der Waals surface area contributed by atoms with Crippen LogP contribution in [0.5, 0.6) is 5.75 Å². The molecule has 4 rings (SSSR count). The van der Waals surface area contributed by atoms with Gasteiger partial charge < -0.3 is 4.74 Å². The second-order valence-electron chi connectivity index (χ2n) is 7.26. The number of carbonyl (C=O) groups excluding carboxylic acids is 3. The molecule has 0 unspecified atom stereocenters. The molecular weight excluding hydrogens is 518 g/mol. The maximum Gasteiger partial charge on any atom is 0.336 e. The van der Waals surface area contributed by atoms with Gasteiger partial charge in [-0.05, 0) is 48.0 Å². The number of para-hydroxylation sites is 1. The Morgan fingerprint density at radius 3 is 2.54 bits per heavy atom. The highest BCUT2D eigenvalue weighted by molar-refractivity contribution is 9.10. The number of esters is 1. The van der Waals surface area contributed by atoms with Gasteiger partial charge in [0.15, 0.2) is 0 Å². The summed E-state index contributed by atoms with van der Waals surface area (Å²) in [5.74, 6) is -1.77. The first-order valence-corrected chi connectivity index (χ1v) is 11.0. The zero-order chi connectivity index (χ0) is 24.9. The normalized spacial score (nSPS) is 14.4.